The molecule has 2 aliphatic heterocycles. The maximum absolute atomic E-state index is 12.5. The third-order valence-corrected chi connectivity index (χ3v) is 4.96. The number of fused-ring (bicyclic) bond motifs is 1. The molecule has 8 heteroatoms. The highest BCUT2D eigenvalue weighted by Crippen LogP contribution is 2.34. The van der Waals surface area contributed by atoms with Crippen LogP contribution >= 0.6 is 11.6 Å². The van der Waals surface area contributed by atoms with Gasteiger partial charge >= 0.3 is 0 Å². The van der Waals surface area contributed by atoms with Gasteiger partial charge < -0.3 is 19.7 Å². The Morgan fingerprint density at radius 3 is 2.74 bits per heavy atom. The lowest BCUT2D eigenvalue weighted by molar-refractivity contribution is -0.125. The number of anilines is 1. The standard InChI is InChI=1S/C19H26ClN3O4/c20-15-2-3-17-16(14-15)23(10-13-27-17)19(25)5-4-18(24)21-6-1-7-22-8-11-26-12-9-22/h2-3,14H,1,4-13H2,(H,21,24). The van der Waals surface area contributed by atoms with Gasteiger partial charge in [-0.25, -0.2) is 0 Å². The van der Waals surface area contributed by atoms with Crippen LogP contribution in [-0.4, -0.2) is 69.3 Å². The highest BCUT2D eigenvalue weighted by molar-refractivity contribution is 6.31. The molecule has 27 heavy (non-hydrogen) atoms. The van der Waals surface area contributed by atoms with E-state index in [2.05, 4.69) is 10.2 Å². The highest BCUT2D eigenvalue weighted by Gasteiger charge is 2.24. The Bertz CT molecular complexity index is 664. The molecule has 0 aliphatic carbocycles. The van der Waals surface area contributed by atoms with E-state index in [9.17, 15) is 9.59 Å². The van der Waals surface area contributed by atoms with Gasteiger partial charge in [0.1, 0.15) is 12.4 Å². The van der Waals surface area contributed by atoms with Gasteiger partial charge in [-0.3, -0.25) is 14.5 Å². The Balaban J connectivity index is 1.38. The van der Waals surface area contributed by atoms with Crippen molar-refractivity contribution in [2.45, 2.75) is 19.3 Å². The molecule has 1 fully saturated rings. The molecule has 0 radical (unpaired) electrons. The minimum atomic E-state index is -0.0927. The lowest BCUT2D eigenvalue weighted by Gasteiger charge is -2.29. The van der Waals surface area contributed by atoms with Crippen molar-refractivity contribution >= 4 is 29.1 Å². The summed E-state index contributed by atoms with van der Waals surface area (Å²) in [6, 6.07) is 5.22. The van der Waals surface area contributed by atoms with Gasteiger partial charge in [0.2, 0.25) is 11.8 Å². The van der Waals surface area contributed by atoms with Crippen LogP contribution in [0.4, 0.5) is 5.69 Å². The van der Waals surface area contributed by atoms with E-state index in [0.29, 0.717) is 36.2 Å². The summed E-state index contributed by atoms with van der Waals surface area (Å²) in [6.07, 6.45) is 1.25. The Morgan fingerprint density at radius 2 is 1.93 bits per heavy atom. The third-order valence-electron chi connectivity index (χ3n) is 4.73. The summed E-state index contributed by atoms with van der Waals surface area (Å²) in [6.45, 7) is 5.95. The summed E-state index contributed by atoms with van der Waals surface area (Å²) < 4.78 is 10.9. The van der Waals surface area contributed by atoms with Gasteiger partial charge in [0.25, 0.3) is 0 Å². The molecule has 0 aromatic heterocycles. The molecule has 2 aliphatic rings. The third kappa shape index (κ3) is 5.82. The van der Waals surface area contributed by atoms with Crippen LogP contribution in [0.1, 0.15) is 19.3 Å². The monoisotopic (exact) mass is 395 g/mol. The largest absolute Gasteiger partial charge is 0.490 e. The molecule has 148 valence electrons. The van der Waals surface area contributed by atoms with Crippen molar-refractivity contribution in [3.8, 4) is 5.75 Å². The van der Waals surface area contributed by atoms with Crippen molar-refractivity contribution in [3.63, 3.8) is 0 Å². The number of amides is 2. The van der Waals surface area contributed by atoms with Crippen LogP contribution < -0.4 is 15.0 Å². The molecule has 7 nitrogen and oxygen atoms in total. The van der Waals surface area contributed by atoms with E-state index in [1.165, 1.54) is 0 Å². The average molecular weight is 396 g/mol. The Morgan fingerprint density at radius 1 is 1.11 bits per heavy atom. The minimum Gasteiger partial charge on any atom is -0.490 e. The van der Waals surface area contributed by atoms with Crippen LogP contribution in [-0.2, 0) is 14.3 Å². The summed E-state index contributed by atoms with van der Waals surface area (Å²) in [5.41, 5.74) is 0.671. The number of rotatable bonds is 7. The first-order chi connectivity index (χ1) is 13.1. The van der Waals surface area contributed by atoms with E-state index >= 15 is 0 Å². The highest BCUT2D eigenvalue weighted by atomic mass is 35.5. The molecule has 0 unspecified atom stereocenters. The van der Waals surface area contributed by atoms with Gasteiger partial charge in [-0.2, -0.15) is 0 Å². The molecule has 1 saturated heterocycles. The molecule has 1 N–H and O–H groups in total. The number of hydrogen-bond acceptors (Lipinski definition) is 5. The van der Waals surface area contributed by atoms with Gasteiger partial charge in [-0.15, -0.1) is 0 Å². The van der Waals surface area contributed by atoms with E-state index in [1.807, 2.05) is 0 Å². The number of ether oxygens (including phenoxy) is 2. The summed E-state index contributed by atoms with van der Waals surface area (Å²) in [5.74, 6) is 0.460. The quantitative estimate of drug-likeness (QED) is 0.711. The fraction of sp³-hybridized carbons (Fsp3) is 0.579. The molecular formula is C19H26ClN3O4. The minimum absolute atomic E-state index is 0.0923. The SMILES string of the molecule is O=C(CCC(=O)N1CCOc2ccc(Cl)cc21)NCCCN1CCOCC1. The molecular weight excluding hydrogens is 370 g/mol. The molecule has 1 aromatic rings. The van der Waals surface area contributed by atoms with E-state index in [-0.39, 0.29) is 24.7 Å². The van der Waals surface area contributed by atoms with Gasteiger partial charge in [0.15, 0.2) is 0 Å². The van der Waals surface area contributed by atoms with Gasteiger partial charge in [0, 0.05) is 37.5 Å². The van der Waals surface area contributed by atoms with Crippen LogP contribution in [0.2, 0.25) is 5.02 Å². The second-order valence-electron chi connectivity index (χ2n) is 6.66. The molecule has 2 heterocycles. The smallest absolute Gasteiger partial charge is 0.227 e. The maximum Gasteiger partial charge on any atom is 0.227 e. The second kappa shape index (κ2) is 9.92. The first kappa shape index (κ1) is 19.9. The number of hydrogen-bond donors (Lipinski definition) is 1. The number of halogens is 1. The molecule has 0 saturated carbocycles. The molecule has 2 amide bonds. The van der Waals surface area contributed by atoms with Gasteiger partial charge in [-0.05, 0) is 31.2 Å². The fourth-order valence-corrected chi connectivity index (χ4v) is 3.42. The van der Waals surface area contributed by atoms with Crippen LogP contribution in [0.15, 0.2) is 18.2 Å². The summed E-state index contributed by atoms with van der Waals surface area (Å²) in [5, 5.41) is 3.45. The van der Waals surface area contributed by atoms with E-state index in [0.717, 1.165) is 39.3 Å². The number of nitrogens with one attached hydrogen (secondary N) is 1. The number of carbonyl (C=O) groups excluding carboxylic acids is 2. The first-order valence-corrected chi connectivity index (χ1v) is 9.81. The van der Waals surface area contributed by atoms with Crippen LogP contribution in [0.25, 0.3) is 0 Å². The van der Waals surface area contributed by atoms with Crippen LogP contribution in [0, 0.1) is 0 Å². The van der Waals surface area contributed by atoms with Crippen LogP contribution in [0.5, 0.6) is 5.75 Å². The summed E-state index contributed by atoms with van der Waals surface area (Å²) in [4.78, 5) is 28.5. The normalized spacial score (nSPS) is 17.1. The molecule has 3 rings (SSSR count). The number of nitrogens with zero attached hydrogens (tertiary/aromatic N) is 2. The van der Waals surface area contributed by atoms with E-state index in [4.69, 9.17) is 21.1 Å². The molecule has 0 spiro atoms. The van der Waals surface area contributed by atoms with Crippen molar-refractivity contribution in [3.05, 3.63) is 23.2 Å². The van der Waals surface area contributed by atoms with Crippen LogP contribution in [0.3, 0.4) is 0 Å². The van der Waals surface area contributed by atoms with E-state index < -0.39 is 0 Å². The maximum atomic E-state index is 12.5. The number of benzene rings is 1. The Kier molecular flexibility index (Phi) is 7.32. The van der Waals surface area contributed by atoms with Crippen molar-refractivity contribution in [2.24, 2.45) is 0 Å². The predicted octanol–water partition coefficient (Wildman–Crippen LogP) is 1.68. The Labute approximate surface area is 164 Å². The number of carbonyl (C=O) groups is 2. The zero-order chi connectivity index (χ0) is 19.1. The predicted molar refractivity (Wildman–Crippen MR) is 103 cm³/mol. The topological polar surface area (TPSA) is 71.1 Å². The van der Waals surface area contributed by atoms with Crippen molar-refractivity contribution in [1.29, 1.82) is 0 Å². The van der Waals surface area contributed by atoms with Crippen molar-refractivity contribution in [1.82, 2.24) is 10.2 Å². The number of morpholine rings is 1. The Hall–Kier alpha value is -1.83. The fourth-order valence-electron chi connectivity index (χ4n) is 3.25. The molecule has 0 atom stereocenters. The van der Waals surface area contributed by atoms with Gasteiger partial charge in [-0.1, -0.05) is 11.6 Å². The van der Waals surface area contributed by atoms with E-state index in [1.54, 1.807) is 23.1 Å². The molecule has 0 bridgehead atoms. The lowest BCUT2D eigenvalue weighted by atomic mass is 10.2. The zero-order valence-corrected chi connectivity index (χ0v) is 16.2. The van der Waals surface area contributed by atoms with Crippen molar-refractivity contribution < 1.29 is 19.1 Å². The van der Waals surface area contributed by atoms with Gasteiger partial charge in [0.05, 0.1) is 25.4 Å². The summed E-state index contributed by atoms with van der Waals surface area (Å²) >= 11 is 6.03. The molecule has 1 aromatic carbocycles. The summed E-state index contributed by atoms with van der Waals surface area (Å²) in [7, 11) is 0. The van der Waals surface area contributed by atoms with Crippen molar-refractivity contribution in [2.75, 3.05) is 57.4 Å². The second-order valence-corrected chi connectivity index (χ2v) is 7.10. The first-order valence-electron chi connectivity index (χ1n) is 9.43. The zero-order valence-electron chi connectivity index (χ0n) is 15.4. The average Bonchev–Trinajstić information content (AvgIpc) is 2.69. The lowest BCUT2D eigenvalue weighted by Crippen LogP contribution is -2.39.